The predicted molar refractivity (Wildman–Crippen MR) is 113 cm³/mol. The van der Waals surface area contributed by atoms with E-state index in [1.165, 1.54) is 30.4 Å². The fourth-order valence-electron chi connectivity index (χ4n) is 3.62. The quantitative estimate of drug-likeness (QED) is 0.635. The van der Waals surface area contributed by atoms with E-state index in [4.69, 9.17) is 0 Å². The zero-order valence-electron chi connectivity index (χ0n) is 15.7. The highest BCUT2D eigenvalue weighted by Gasteiger charge is 2.20. The van der Waals surface area contributed by atoms with E-state index in [1.807, 2.05) is 6.07 Å². The highest BCUT2D eigenvalue weighted by atomic mass is 32.1. The van der Waals surface area contributed by atoms with E-state index < -0.39 is 0 Å². The van der Waals surface area contributed by atoms with Crippen LogP contribution in [0, 0.1) is 0 Å². The number of aryl methyl sites for hydroxylation is 2. The highest BCUT2D eigenvalue weighted by Crippen LogP contribution is 2.30. The maximum Gasteiger partial charge on any atom is 0.222 e. The van der Waals surface area contributed by atoms with Crippen molar-refractivity contribution in [3.63, 3.8) is 0 Å². The van der Waals surface area contributed by atoms with Crippen LogP contribution in [0.3, 0.4) is 0 Å². The van der Waals surface area contributed by atoms with Crippen LogP contribution in [0.1, 0.15) is 46.9 Å². The molecular formula is C22H24N4OS. The van der Waals surface area contributed by atoms with Gasteiger partial charge in [0.05, 0.1) is 6.04 Å². The molecule has 1 atom stereocenters. The van der Waals surface area contributed by atoms with Gasteiger partial charge in [-0.25, -0.2) is 9.97 Å². The Morgan fingerprint density at radius 1 is 1.07 bits per heavy atom. The summed E-state index contributed by atoms with van der Waals surface area (Å²) in [7, 11) is 0. The van der Waals surface area contributed by atoms with Gasteiger partial charge < -0.3 is 10.6 Å². The van der Waals surface area contributed by atoms with Gasteiger partial charge in [0.1, 0.15) is 0 Å². The molecule has 28 heavy (non-hydrogen) atoms. The van der Waals surface area contributed by atoms with Gasteiger partial charge in [0.2, 0.25) is 11.9 Å². The van der Waals surface area contributed by atoms with Gasteiger partial charge in [-0.3, -0.25) is 4.79 Å². The number of amides is 1. The van der Waals surface area contributed by atoms with Gasteiger partial charge in [-0.05, 0) is 59.9 Å². The molecule has 1 aliphatic rings. The van der Waals surface area contributed by atoms with E-state index in [2.05, 4.69) is 50.2 Å². The molecule has 2 heterocycles. The lowest BCUT2D eigenvalue weighted by atomic mass is 9.89. The van der Waals surface area contributed by atoms with Crippen molar-refractivity contribution in [1.29, 1.82) is 0 Å². The average molecular weight is 393 g/mol. The standard InChI is InChI=1S/C22H24N4OS/c27-20(10-13-25-22-23-11-4-12-24-22)26-21(19-7-3-14-28-19)18-9-8-16-5-1-2-6-17(16)15-18/h3-4,7-9,11-12,14-15,21H,1-2,5-6,10,13H2,(H,26,27)(H,23,24,25). The number of hydrogen-bond acceptors (Lipinski definition) is 5. The number of benzene rings is 1. The third-order valence-electron chi connectivity index (χ3n) is 5.04. The van der Waals surface area contributed by atoms with Crippen molar-refractivity contribution >= 4 is 23.2 Å². The molecule has 0 fully saturated rings. The zero-order chi connectivity index (χ0) is 19.2. The summed E-state index contributed by atoms with van der Waals surface area (Å²) < 4.78 is 0. The number of rotatable bonds is 7. The van der Waals surface area contributed by atoms with Crippen LogP contribution in [-0.2, 0) is 17.6 Å². The predicted octanol–water partition coefficient (Wildman–Crippen LogP) is 4.12. The Hall–Kier alpha value is -2.73. The van der Waals surface area contributed by atoms with Crippen LogP contribution in [0.2, 0.25) is 0 Å². The Labute approximate surface area is 169 Å². The van der Waals surface area contributed by atoms with Crippen molar-refractivity contribution in [2.75, 3.05) is 11.9 Å². The first-order chi connectivity index (χ1) is 13.8. The first-order valence-electron chi connectivity index (χ1n) is 9.75. The minimum Gasteiger partial charge on any atom is -0.354 e. The van der Waals surface area contributed by atoms with Crippen LogP contribution >= 0.6 is 11.3 Å². The molecule has 0 radical (unpaired) electrons. The minimum atomic E-state index is -0.104. The molecule has 0 bridgehead atoms. The summed E-state index contributed by atoms with van der Waals surface area (Å²) in [6.07, 6.45) is 8.55. The fraction of sp³-hybridized carbons (Fsp3) is 0.318. The molecule has 1 amide bonds. The number of carbonyl (C=O) groups is 1. The average Bonchev–Trinajstić information content (AvgIpc) is 3.27. The number of aromatic nitrogens is 2. The second-order valence-corrected chi connectivity index (χ2v) is 7.98. The number of fused-ring (bicyclic) bond motifs is 1. The third-order valence-corrected chi connectivity index (χ3v) is 5.98. The lowest BCUT2D eigenvalue weighted by molar-refractivity contribution is -0.121. The van der Waals surface area contributed by atoms with Crippen molar-refractivity contribution in [3.05, 3.63) is 75.7 Å². The number of nitrogens with one attached hydrogen (secondary N) is 2. The monoisotopic (exact) mass is 392 g/mol. The van der Waals surface area contributed by atoms with E-state index in [9.17, 15) is 4.79 Å². The SMILES string of the molecule is O=C(CCNc1ncccn1)NC(c1ccc2c(c1)CCCC2)c1cccs1. The van der Waals surface area contributed by atoms with E-state index in [0.717, 1.165) is 16.9 Å². The van der Waals surface area contributed by atoms with E-state index in [0.29, 0.717) is 18.9 Å². The number of anilines is 1. The van der Waals surface area contributed by atoms with Crippen molar-refractivity contribution in [2.24, 2.45) is 0 Å². The second-order valence-electron chi connectivity index (χ2n) is 7.00. The molecule has 6 heteroatoms. The molecular weight excluding hydrogens is 368 g/mol. The number of hydrogen-bond donors (Lipinski definition) is 2. The lowest BCUT2D eigenvalue weighted by Crippen LogP contribution is -2.30. The van der Waals surface area contributed by atoms with Gasteiger partial charge in [0.15, 0.2) is 0 Å². The maximum absolute atomic E-state index is 12.6. The van der Waals surface area contributed by atoms with Gasteiger partial charge in [0, 0.05) is 30.2 Å². The molecule has 2 N–H and O–H groups in total. The lowest BCUT2D eigenvalue weighted by Gasteiger charge is -2.22. The Balaban J connectivity index is 1.44. The summed E-state index contributed by atoms with van der Waals surface area (Å²) in [5, 5.41) is 8.36. The maximum atomic E-state index is 12.6. The summed E-state index contributed by atoms with van der Waals surface area (Å²) in [6, 6.07) is 12.5. The molecule has 3 aromatic rings. The Morgan fingerprint density at radius 3 is 2.68 bits per heavy atom. The van der Waals surface area contributed by atoms with Crippen LogP contribution < -0.4 is 10.6 Å². The molecule has 5 nitrogen and oxygen atoms in total. The summed E-state index contributed by atoms with van der Waals surface area (Å²) in [5.41, 5.74) is 4.05. The molecule has 4 rings (SSSR count). The van der Waals surface area contributed by atoms with Crippen LogP contribution in [0.4, 0.5) is 5.95 Å². The molecule has 144 valence electrons. The summed E-state index contributed by atoms with van der Waals surface area (Å²) >= 11 is 1.68. The molecule has 0 aliphatic heterocycles. The molecule has 1 aromatic carbocycles. The van der Waals surface area contributed by atoms with Gasteiger partial charge in [-0.1, -0.05) is 24.3 Å². The Kier molecular flexibility index (Phi) is 5.97. The van der Waals surface area contributed by atoms with Crippen molar-refractivity contribution in [1.82, 2.24) is 15.3 Å². The second kappa shape index (κ2) is 8.97. The Morgan fingerprint density at radius 2 is 1.89 bits per heavy atom. The molecule has 2 aromatic heterocycles. The third kappa shape index (κ3) is 4.57. The van der Waals surface area contributed by atoms with E-state index >= 15 is 0 Å². The first-order valence-corrected chi connectivity index (χ1v) is 10.6. The zero-order valence-corrected chi connectivity index (χ0v) is 16.5. The smallest absolute Gasteiger partial charge is 0.222 e. The normalized spacial score (nSPS) is 14.1. The van der Waals surface area contributed by atoms with E-state index in [-0.39, 0.29) is 11.9 Å². The molecule has 0 saturated carbocycles. The summed E-state index contributed by atoms with van der Waals surface area (Å²) in [5.74, 6) is 0.555. The first kappa shape index (κ1) is 18.6. The van der Waals surface area contributed by atoms with Crippen molar-refractivity contribution in [3.8, 4) is 0 Å². The van der Waals surface area contributed by atoms with Crippen LogP contribution in [-0.4, -0.2) is 22.4 Å². The Bertz CT molecular complexity index is 912. The van der Waals surface area contributed by atoms with Crippen LogP contribution in [0.25, 0.3) is 0 Å². The molecule has 0 spiro atoms. The summed E-state index contributed by atoms with van der Waals surface area (Å²) in [4.78, 5) is 22.0. The van der Waals surface area contributed by atoms with Gasteiger partial charge in [0.25, 0.3) is 0 Å². The largest absolute Gasteiger partial charge is 0.354 e. The van der Waals surface area contributed by atoms with E-state index in [1.54, 1.807) is 29.8 Å². The van der Waals surface area contributed by atoms with Gasteiger partial charge in [-0.2, -0.15) is 0 Å². The molecule has 1 aliphatic carbocycles. The number of thiophene rings is 1. The molecule has 1 unspecified atom stereocenters. The number of carbonyl (C=O) groups excluding carboxylic acids is 1. The topological polar surface area (TPSA) is 66.9 Å². The molecule has 0 saturated heterocycles. The van der Waals surface area contributed by atoms with Gasteiger partial charge in [-0.15, -0.1) is 11.3 Å². The minimum absolute atomic E-state index is 0.0135. The van der Waals surface area contributed by atoms with Crippen LogP contribution in [0.5, 0.6) is 0 Å². The fourth-order valence-corrected chi connectivity index (χ4v) is 4.42. The van der Waals surface area contributed by atoms with Crippen LogP contribution in [0.15, 0.2) is 54.2 Å². The van der Waals surface area contributed by atoms with Gasteiger partial charge >= 0.3 is 0 Å². The highest BCUT2D eigenvalue weighted by molar-refractivity contribution is 7.10. The number of nitrogens with zero attached hydrogens (tertiary/aromatic N) is 2. The van der Waals surface area contributed by atoms with Crippen molar-refractivity contribution < 1.29 is 4.79 Å². The summed E-state index contributed by atoms with van der Waals surface area (Å²) in [6.45, 7) is 0.497. The van der Waals surface area contributed by atoms with Crippen molar-refractivity contribution in [2.45, 2.75) is 38.1 Å².